The lowest BCUT2D eigenvalue weighted by atomic mass is 9.63. The van der Waals surface area contributed by atoms with E-state index in [4.69, 9.17) is 21.1 Å². The Hall–Kier alpha value is -1.96. The third-order valence-electron chi connectivity index (χ3n) is 6.83. The van der Waals surface area contributed by atoms with Gasteiger partial charge in [-0.15, -0.1) is 0 Å². The normalized spacial score (nSPS) is 34.3. The molecule has 0 aromatic rings. The average molecular weight is 453 g/mol. The fourth-order valence-electron chi connectivity index (χ4n) is 4.39. The molecule has 3 rings (SSSR count). The maximum Gasteiger partial charge on any atom is 0.317 e. The van der Waals surface area contributed by atoms with Crippen molar-refractivity contribution in [3.63, 3.8) is 0 Å². The van der Waals surface area contributed by atoms with E-state index in [1.807, 2.05) is 6.92 Å². The van der Waals surface area contributed by atoms with Gasteiger partial charge >= 0.3 is 5.97 Å². The molecule has 2 heterocycles. The van der Waals surface area contributed by atoms with Crippen LogP contribution >= 0.6 is 11.6 Å². The fraction of sp³-hybridized carbons (Fsp3) is 0.609. The van der Waals surface area contributed by atoms with E-state index in [0.717, 1.165) is 0 Å². The summed E-state index contributed by atoms with van der Waals surface area (Å²) in [6.07, 6.45) is 3.66. The van der Waals surface area contributed by atoms with E-state index in [1.165, 1.54) is 13.8 Å². The number of aliphatic hydroxyl groups excluding tert-OH is 2. The van der Waals surface area contributed by atoms with Crippen LogP contribution < -0.4 is 0 Å². The molecule has 31 heavy (non-hydrogen) atoms. The Bertz CT molecular complexity index is 884. The number of fused-ring (bicyclic) bond motifs is 3. The molecular weight excluding hydrogens is 424 g/mol. The van der Waals surface area contributed by atoms with E-state index in [9.17, 15) is 24.6 Å². The summed E-state index contributed by atoms with van der Waals surface area (Å²) in [5, 5.41) is 19.5. The summed E-state index contributed by atoms with van der Waals surface area (Å²) in [4.78, 5) is 38.9. The van der Waals surface area contributed by atoms with Crippen LogP contribution in [0, 0.1) is 29.6 Å². The fourth-order valence-corrected chi connectivity index (χ4v) is 4.77. The molecule has 2 aliphatic heterocycles. The lowest BCUT2D eigenvalue weighted by Gasteiger charge is -2.41. The summed E-state index contributed by atoms with van der Waals surface area (Å²) < 4.78 is 11.3. The summed E-state index contributed by atoms with van der Waals surface area (Å²) in [6, 6.07) is 0. The number of carbonyl (C=O) groups excluding carboxylic acids is 3. The molecule has 1 saturated heterocycles. The number of carbonyl (C=O) groups is 3. The number of esters is 1. The highest BCUT2D eigenvalue weighted by Crippen LogP contribution is 2.53. The summed E-state index contributed by atoms with van der Waals surface area (Å²) in [5.74, 6) is -4.67. The van der Waals surface area contributed by atoms with Gasteiger partial charge in [-0.2, -0.15) is 0 Å². The molecule has 170 valence electrons. The van der Waals surface area contributed by atoms with Gasteiger partial charge in [0, 0.05) is 23.7 Å². The smallest absolute Gasteiger partial charge is 0.317 e. The Kier molecular flexibility index (Phi) is 6.52. The van der Waals surface area contributed by atoms with Crippen molar-refractivity contribution in [2.75, 3.05) is 6.61 Å². The molecular formula is C23H29ClO7. The lowest BCUT2D eigenvalue weighted by Crippen LogP contribution is -2.52. The quantitative estimate of drug-likeness (QED) is 0.470. The molecule has 1 unspecified atom stereocenters. The van der Waals surface area contributed by atoms with Crippen LogP contribution in [-0.2, 0) is 23.9 Å². The second-order valence-corrected chi connectivity index (χ2v) is 9.36. The van der Waals surface area contributed by atoms with Crippen LogP contribution in [0.25, 0.3) is 0 Å². The van der Waals surface area contributed by atoms with E-state index in [2.05, 4.69) is 0 Å². The molecule has 0 saturated carbocycles. The van der Waals surface area contributed by atoms with Crippen LogP contribution in [0.5, 0.6) is 0 Å². The Balaban J connectivity index is 2.01. The highest BCUT2D eigenvalue weighted by molar-refractivity contribution is 6.45. The Morgan fingerprint density at radius 1 is 1.23 bits per heavy atom. The number of ketones is 2. The number of halogens is 1. The molecule has 8 heteroatoms. The number of hydrogen-bond donors (Lipinski definition) is 2. The zero-order valence-corrected chi connectivity index (χ0v) is 19.1. The van der Waals surface area contributed by atoms with Crippen LogP contribution in [-0.4, -0.2) is 52.2 Å². The molecule has 0 bridgehead atoms. The predicted octanol–water partition coefficient (Wildman–Crippen LogP) is 2.30. The van der Waals surface area contributed by atoms with Gasteiger partial charge in [-0.1, -0.05) is 31.5 Å². The largest absolute Gasteiger partial charge is 0.493 e. The minimum Gasteiger partial charge on any atom is -0.493 e. The van der Waals surface area contributed by atoms with E-state index in [0.29, 0.717) is 11.3 Å². The lowest BCUT2D eigenvalue weighted by molar-refractivity contribution is -0.158. The molecule has 0 spiro atoms. The molecule has 0 amide bonds. The van der Waals surface area contributed by atoms with Crippen molar-refractivity contribution in [1.82, 2.24) is 0 Å². The van der Waals surface area contributed by atoms with Crippen molar-refractivity contribution < 1.29 is 34.1 Å². The molecule has 1 fully saturated rings. The molecule has 2 N–H and O–H groups in total. The first-order chi connectivity index (χ1) is 14.4. The number of Topliss-reactive ketones (excluding diaryl/α,β-unsaturated/α-hetero) is 2. The number of hydrogen-bond acceptors (Lipinski definition) is 7. The third-order valence-corrected chi connectivity index (χ3v) is 7.22. The zero-order valence-electron chi connectivity index (χ0n) is 18.3. The van der Waals surface area contributed by atoms with E-state index in [-0.39, 0.29) is 17.6 Å². The van der Waals surface area contributed by atoms with Gasteiger partial charge in [0.1, 0.15) is 11.7 Å². The molecule has 7 nitrogen and oxygen atoms in total. The number of aliphatic hydroxyl groups is 2. The molecule has 0 aromatic carbocycles. The van der Waals surface area contributed by atoms with Crippen molar-refractivity contribution in [3.05, 3.63) is 34.6 Å². The van der Waals surface area contributed by atoms with E-state index < -0.39 is 59.0 Å². The Morgan fingerprint density at radius 2 is 1.87 bits per heavy atom. The highest BCUT2D eigenvalue weighted by Gasteiger charge is 2.65. The van der Waals surface area contributed by atoms with E-state index >= 15 is 0 Å². The van der Waals surface area contributed by atoms with Crippen LogP contribution in [0.4, 0.5) is 0 Å². The van der Waals surface area contributed by atoms with Crippen molar-refractivity contribution in [1.29, 1.82) is 0 Å². The third kappa shape index (κ3) is 3.99. The second-order valence-electron chi connectivity index (χ2n) is 8.98. The average Bonchev–Trinajstić information content (AvgIpc) is 3.00. The zero-order chi connectivity index (χ0) is 23.2. The number of ether oxygens (including phenoxy) is 2. The topological polar surface area (TPSA) is 110 Å². The maximum absolute atomic E-state index is 13.1. The SMILES string of the molecule is C[C@H](O)[C@H](C)C(=O)[C@@H]1C(=O)O[C@]2(C)C(=O)C(Cl)=C3C=C(/C=C/[C@@H](C)[C@@H](C)O)OCC3[C@@H]12. The molecule has 0 radical (unpaired) electrons. The second kappa shape index (κ2) is 8.52. The van der Waals surface area contributed by atoms with Crippen LogP contribution in [0.2, 0.25) is 0 Å². The number of allylic oxidation sites excluding steroid dienone is 2. The van der Waals surface area contributed by atoms with E-state index in [1.54, 1.807) is 32.1 Å². The maximum atomic E-state index is 13.1. The predicted molar refractivity (Wildman–Crippen MR) is 113 cm³/mol. The van der Waals surface area contributed by atoms with Gasteiger partial charge in [0.2, 0.25) is 5.78 Å². The van der Waals surface area contributed by atoms with Crippen LogP contribution in [0.1, 0.15) is 34.6 Å². The van der Waals surface area contributed by atoms with Gasteiger partial charge in [0.15, 0.2) is 11.4 Å². The van der Waals surface area contributed by atoms with Gasteiger partial charge in [-0.25, -0.2) is 0 Å². The molecule has 3 aliphatic rings. The van der Waals surface area contributed by atoms with Gasteiger partial charge in [-0.05, 0) is 38.5 Å². The van der Waals surface area contributed by atoms with Crippen LogP contribution in [0.3, 0.4) is 0 Å². The first-order valence-electron chi connectivity index (χ1n) is 10.5. The standard InChI is InChI=1S/C23H29ClO7/c1-10(12(3)25)6-7-14-8-15-16(9-30-14)18-17(20(27)11(2)13(4)26)22(29)31-23(18,5)21(28)19(15)24/h6-8,10-13,16-18,25-26H,9H2,1-5H3/b7-6+/t10-,11+,12-,13+,16?,17-,18+,23+/m1/s1. The minimum absolute atomic E-state index is 0.0361. The molecule has 1 aliphatic carbocycles. The van der Waals surface area contributed by atoms with Crippen molar-refractivity contribution in [2.45, 2.75) is 52.4 Å². The minimum atomic E-state index is -1.56. The molecule has 8 atom stereocenters. The van der Waals surface area contributed by atoms with Crippen molar-refractivity contribution in [2.24, 2.45) is 29.6 Å². The summed E-state index contributed by atoms with van der Waals surface area (Å²) in [5.41, 5.74) is -1.06. The van der Waals surface area contributed by atoms with Crippen molar-refractivity contribution >= 4 is 29.1 Å². The van der Waals surface area contributed by atoms with Crippen molar-refractivity contribution in [3.8, 4) is 0 Å². The summed E-state index contributed by atoms with van der Waals surface area (Å²) in [6.45, 7) is 8.17. The van der Waals surface area contributed by atoms with Gasteiger partial charge in [0.05, 0.1) is 23.8 Å². The highest BCUT2D eigenvalue weighted by atomic mass is 35.5. The van der Waals surface area contributed by atoms with Gasteiger partial charge in [0.25, 0.3) is 0 Å². The summed E-state index contributed by atoms with van der Waals surface area (Å²) in [7, 11) is 0. The monoisotopic (exact) mass is 452 g/mol. The Labute approximate surface area is 186 Å². The number of rotatable bonds is 6. The molecule has 0 aromatic heterocycles. The Morgan fingerprint density at radius 3 is 2.45 bits per heavy atom. The van der Waals surface area contributed by atoms with Gasteiger partial charge in [-0.3, -0.25) is 14.4 Å². The van der Waals surface area contributed by atoms with Gasteiger partial charge < -0.3 is 19.7 Å². The first kappa shape index (κ1) is 23.7. The summed E-state index contributed by atoms with van der Waals surface area (Å²) >= 11 is 6.41. The van der Waals surface area contributed by atoms with Crippen LogP contribution in [0.15, 0.2) is 34.6 Å². The first-order valence-corrected chi connectivity index (χ1v) is 10.9.